The van der Waals surface area contributed by atoms with Gasteiger partial charge in [0.25, 0.3) is 5.91 Å². The third-order valence-corrected chi connectivity index (χ3v) is 5.30. The Balaban J connectivity index is 1.95. The fourth-order valence-corrected chi connectivity index (χ4v) is 4.04. The lowest BCUT2D eigenvalue weighted by molar-refractivity contribution is -0.122. The summed E-state index contributed by atoms with van der Waals surface area (Å²) in [7, 11) is 0. The zero-order valence-corrected chi connectivity index (χ0v) is 15.1. The first-order valence-corrected chi connectivity index (χ1v) is 9.18. The predicted molar refractivity (Wildman–Crippen MR) is 98.6 cm³/mol. The summed E-state index contributed by atoms with van der Waals surface area (Å²) in [6.45, 7) is 2.45. The van der Waals surface area contributed by atoms with Crippen LogP contribution in [0.25, 0.3) is 6.08 Å². The third-order valence-electron chi connectivity index (χ3n) is 3.06. The Bertz CT molecular complexity index is 803. The van der Waals surface area contributed by atoms with Gasteiger partial charge in [-0.05, 0) is 42.5 Å². The number of thiazole rings is 1. The molecule has 0 N–H and O–H groups in total. The molecule has 0 spiro atoms. The number of nitrogens with zero attached hydrogens (tertiary/aromatic N) is 3. The number of aromatic nitrogens is 1. The molecule has 1 saturated heterocycles. The molecule has 1 amide bonds. The summed E-state index contributed by atoms with van der Waals surface area (Å²) in [6.07, 6.45) is 3.45. The van der Waals surface area contributed by atoms with Crippen LogP contribution in [0.2, 0.25) is 10.0 Å². The van der Waals surface area contributed by atoms with E-state index in [0.717, 1.165) is 5.56 Å². The van der Waals surface area contributed by atoms with Crippen molar-refractivity contribution in [1.82, 2.24) is 9.88 Å². The standard InChI is InChI=1S/C15H11Cl2N3OS2/c1-2-20-13(21)12(7-9-3-4-10(16)8-11(9)17)23-15(20)19-14-18-5-6-22-14/h3-8H,2H2,1H3/b12-7-,19-15+. The van der Waals surface area contributed by atoms with Crippen molar-refractivity contribution in [3.63, 3.8) is 0 Å². The van der Waals surface area contributed by atoms with E-state index in [4.69, 9.17) is 23.2 Å². The maximum absolute atomic E-state index is 12.5. The molecule has 23 heavy (non-hydrogen) atoms. The minimum Gasteiger partial charge on any atom is -0.287 e. The highest BCUT2D eigenvalue weighted by atomic mass is 35.5. The smallest absolute Gasteiger partial charge is 0.266 e. The molecule has 1 aromatic heterocycles. The number of thioether (sulfide) groups is 1. The van der Waals surface area contributed by atoms with Gasteiger partial charge in [-0.3, -0.25) is 9.69 Å². The maximum atomic E-state index is 12.5. The van der Waals surface area contributed by atoms with Gasteiger partial charge in [0.05, 0.1) is 4.91 Å². The normalized spacial score (nSPS) is 18.4. The second kappa shape index (κ2) is 7.05. The van der Waals surface area contributed by atoms with Crippen LogP contribution < -0.4 is 0 Å². The molecular formula is C15H11Cl2N3OS2. The topological polar surface area (TPSA) is 45.6 Å². The molecule has 3 rings (SSSR count). The molecule has 1 aliphatic heterocycles. The van der Waals surface area contributed by atoms with Gasteiger partial charge in [0.15, 0.2) is 5.17 Å². The number of aliphatic imine (C=N–C) groups is 1. The zero-order chi connectivity index (χ0) is 16.4. The van der Waals surface area contributed by atoms with Crippen LogP contribution in [-0.2, 0) is 4.79 Å². The molecule has 0 saturated carbocycles. The molecule has 118 valence electrons. The molecule has 0 atom stereocenters. The van der Waals surface area contributed by atoms with Crippen molar-refractivity contribution >= 4 is 68.6 Å². The SMILES string of the molecule is CCN1C(=O)/C(=C/c2ccc(Cl)cc2Cl)S/C1=N/c1nccs1. The molecule has 4 nitrogen and oxygen atoms in total. The number of amides is 1. The Labute approximate surface area is 151 Å². The number of rotatable bonds is 3. The van der Waals surface area contributed by atoms with E-state index in [1.807, 2.05) is 12.3 Å². The van der Waals surface area contributed by atoms with Gasteiger partial charge in [-0.15, -0.1) is 11.3 Å². The van der Waals surface area contributed by atoms with Gasteiger partial charge in [0.2, 0.25) is 5.13 Å². The zero-order valence-electron chi connectivity index (χ0n) is 12.0. The van der Waals surface area contributed by atoms with Crippen LogP contribution in [-0.4, -0.2) is 27.5 Å². The van der Waals surface area contributed by atoms with Crippen molar-refractivity contribution < 1.29 is 4.79 Å². The lowest BCUT2D eigenvalue weighted by Gasteiger charge is -2.11. The van der Waals surface area contributed by atoms with E-state index in [1.54, 1.807) is 35.4 Å². The first kappa shape index (κ1) is 16.5. The van der Waals surface area contributed by atoms with E-state index in [0.29, 0.717) is 31.8 Å². The first-order chi connectivity index (χ1) is 11.1. The molecular weight excluding hydrogens is 373 g/mol. The number of likely N-dealkylation sites (N-methyl/N-ethyl adjacent to an activating group) is 1. The predicted octanol–water partition coefficient (Wildman–Crippen LogP) is 5.07. The minimum absolute atomic E-state index is 0.0844. The van der Waals surface area contributed by atoms with Crippen LogP contribution in [0.4, 0.5) is 5.13 Å². The van der Waals surface area contributed by atoms with E-state index in [-0.39, 0.29) is 5.91 Å². The van der Waals surface area contributed by atoms with E-state index in [9.17, 15) is 4.79 Å². The number of hydrogen-bond acceptors (Lipinski definition) is 5. The van der Waals surface area contributed by atoms with E-state index in [2.05, 4.69) is 9.98 Å². The summed E-state index contributed by atoms with van der Waals surface area (Å²) in [4.78, 5) is 23.3. The van der Waals surface area contributed by atoms with Crippen LogP contribution in [0, 0.1) is 0 Å². The van der Waals surface area contributed by atoms with Gasteiger partial charge in [-0.2, -0.15) is 4.99 Å². The van der Waals surface area contributed by atoms with Crippen molar-refractivity contribution in [3.05, 3.63) is 50.3 Å². The summed E-state index contributed by atoms with van der Waals surface area (Å²) in [5, 5.41) is 4.17. The highest BCUT2D eigenvalue weighted by Gasteiger charge is 2.32. The molecule has 1 aliphatic rings. The van der Waals surface area contributed by atoms with Crippen LogP contribution in [0.15, 0.2) is 39.7 Å². The summed E-state index contributed by atoms with van der Waals surface area (Å²) >= 11 is 14.8. The molecule has 0 unspecified atom stereocenters. The number of hydrogen-bond donors (Lipinski definition) is 0. The minimum atomic E-state index is -0.0844. The maximum Gasteiger partial charge on any atom is 0.266 e. The van der Waals surface area contributed by atoms with E-state index < -0.39 is 0 Å². The van der Waals surface area contributed by atoms with Crippen molar-refractivity contribution in [2.24, 2.45) is 4.99 Å². The summed E-state index contributed by atoms with van der Waals surface area (Å²) in [5.74, 6) is -0.0844. The summed E-state index contributed by atoms with van der Waals surface area (Å²) in [6, 6.07) is 5.19. The summed E-state index contributed by atoms with van der Waals surface area (Å²) < 4.78 is 0. The van der Waals surface area contributed by atoms with Gasteiger partial charge in [0.1, 0.15) is 0 Å². The molecule has 0 radical (unpaired) electrons. The van der Waals surface area contributed by atoms with E-state index >= 15 is 0 Å². The lowest BCUT2D eigenvalue weighted by Crippen LogP contribution is -2.28. The van der Waals surface area contributed by atoms with Gasteiger partial charge in [0, 0.05) is 28.2 Å². The second-order valence-electron chi connectivity index (χ2n) is 4.53. The summed E-state index contributed by atoms with van der Waals surface area (Å²) in [5.41, 5.74) is 0.749. The molecule has 2 aromatic rings. The highest BCUT2D eigenvalue weighted by Crippen LogP contribution is 2.35. The van der Waals surface area contributed by atoms with Gasteiger partial charge in [-0.1, -0.05) is 29.3 Å². The fourth-order valence-electron chi connectivity index (χ4n) is 1.98. The second-order valence-corrected chi connectivity index (χ2v) is 7.26. The Morgan fingerprint density at radius 3 is 2.87 bits per heavy atom. The van der Waals surface area contributed by atoms with Gasteiger partial charge < -0.3 is 0 Å². The largest absolute Gasteiger partial charge is 0.287 e. The number of carbonyl (C=O) groups is 1. The molecule has 1 aromatic carbocycles. The fraction of sp³-hybridized carbons (Fsp3) is 0.133. The number of carbonyl (C=O) groups excluding carboxylic acids is 1. The highest BCUT2D eigenvalue weighted by molar-refractivity contribution is 8.18. The van der Waals surface area contributed by atoms with Gasteiger partial charge >= 0.3 is 0 Å². The molecule has 2 heterocycles. The van der Waals surface area contributed by atoms with Crippen LogP contribution in [0.3, 0.4) is 0 Å². The van der Waals surface area contributed by atoms with Crippen molar-refractivity contribution in [2.75, 3.05) is 6.54 Å². The van der Waals surface area contributed by atoms with Crippen molar-refractivity contribution in [1.29, 1.82) is 0 Å². The molecule has 0 aliphatic carbocycles. The Hall–Kier alpha value is -1.34. The molecule has 1 fully saturated rings. The number of benzene rings is 1. The first-order valence-electron chi connectivity index (χ1n) is 6.73. The van der Waals surface area contributed by atoms with Crippen LogP contribution in [0.5, 0.6) is 0 Å². The van der Waals surface area contributed by atoms with Gasteiger partial charge in [-0.25, -0.2) is 4.98 Å². The quantitative estimate of drug-likeness (QED) is 0.694. The van der Waals surface area contributed by atoms with E-state index in [1.165, 1.54) is 23.1 Å². The third kappa shape index (κ3) is 3.61. The van der Waals surface area contributed by atoms with Crippen LogP contribution >= 0.6 is 46.3 Å². The molecule has 8 heteroatoms. The Morgan fingerprint density at radius 2 is 2.22 bits per heavy atom. The van der Waals surface area contributed by atoms with Crippen LogP contribution in [0.1, 0.15) is 12.5 Å². The lowest BCUT2D eigenvalue weighted by atomic mass is 10.2. The average Bonchev–Trinajstić information content (AvgIpc) is 3.11. The Morgan fingerprint density at radius 1 is 1.39 bits per heavy atom. The monoisotopic (exact) mass is 383 g/mol. The number of amidine groups is 1. The average molecular weight is 384 g/mol. The number of halogens is 2. The van der Waals surface area contributed by atoms with Crippen molar-refractivity contribution in [2.45, 2.75) is 6.92 Å². The Kier molecular flexibility index (Phi) is 5.06. The molecule has 0 bridgehead atoms. The van der Waals surface area contributed by atoms with Crippen molar-refractivity contribution in [3.8, 4) is 0 Å².